The van der Waals surface area contributed by atoms with Crippen molar-refractivity contribution >= 4 is 0 Å². The summed E-state index contributed by atoms with van der Waals surface area (Å²) in [6, 6.07) is 3.71. The molecule has 0 aromatic carbocycles. The van der Waals surface area contributed by atoms with E-state index in [4.69, 9.17) is 0 Å². The fourth-order valence-corrected chi connectivity index (χ4v) is 2.25. The molecule has 2 heterocycles. The van der Waals surface area contributed by atoms with Crippen LogP contribution in [-0.4, -0.2) is 15.0 Å². The molecule has 0 spiro atoms. The molecule has 1 aliphatic rings. The van der Waals surface area contributed by atoms with E-state index in [2.05, 4.69) is 15.0 Å². The Kier molecular flexibility index (Phi) is 2.48. The minimum absolute atomic E-state index is 0.0153. The van der Waals surface area contributed by atoms with Crippen LogP contribution in [0.3, 0.4) is 0 Å². The number of aromatic amines is 1. The maximum absolute atomic E-state index is 11.9. The molecule has 0 fully saturated rings. The van der Waals surface area contributed by atoms with Crippen molar-refractivity contribution in [1.29, 1.82) is 0 Å². The Morgan fingerprint density at radius 1 is 1.12 bits per heavy atom. The van der Waals surface area contributed by atoms with Crippen LogP contribution in [0.25, 0.3) is 11.4 Å². The lowest BCUT2D eigenvalue weighted by molar-refractivity contribution is 0.657. The van der Waals surface area contributed by atoms with Crippen LogP contribution >= 0.6 is 0 Å². The molecule has 0 saturated heterocycles. The molecule has 4 nitrogen and oxygen atoms in total. The van der Waals surface area contributed by atoms with Crippen LogP contribution in [0.15, 0.2) is 29.3 Å². The van der Waals surface area contributed by atoms with Crippen molar-refractivity contribution in [2.45, 2.75) is 25.7 Å². The molecule has 1 aliphatic carbocycles. The highest BCUT2D eigenvalue weighted by molar-refractivity contribution is 5.53. The van der Waals surface area contributed by atoms with Crippen molar-refractivity contribution in [2.75, 3.05) is 0 Å². The summed E-state index contributed by atoms with van der Waals surface area (Å²) in [6.07, 6.45) is 7.39. The number of nitrogens with zero attached hydrogens (tertiary/aromatic N) is 2. The van der Waals surface area contributed by atoms with E-state index in [0.717, 1.165) is 42.5 Å². The number of hydrogen-bond acceptors (Lipinski definition) is 3. The lowest BCUT2D eigenvalue weighted by Crippen LogP contribution is -2.21. The maximum Gasteiger partial charge on any atom is 0.254 e. The van der Waals surface area contributed by atoms with Crippen LogP contribution < -0.4 is 5.56 Å². The first-order valence-electron chi connectivity index (χ1n) is 5.87. The van der Waals surface area contributed by atoms with Crippen molar-refractivity contribution in [3.05, 3.63) is 46.1 Å². The minimum atomic E-state index is 0.0153. The van der Waals surface area contributed by atoms with E-state index in [1.165, 1.54) is 0 Å². The number of nitrogens with one attached hydrogen (secondary N) is 1. The zero-order valence-corrected chi connectivity index (χ0v) is 9.44. The quantitative estimate of drug-likeness (QED) is 0.806. The summed E-state index contributed by atoms with van der Waals surface area (Å²) < 4.78 is 0. The van der Waals surface area contributed by atoms with Crippen molar-refractivity contribution in [1.82, 2.24) is 15.0 Å². The molecule has 0 bridgehead atoms. The van der Waals surface area contributed by atoms with Gasteiger partial charge in [0, 0.05) is 23.5 Å². The average molecular weight is 227 g/mol. The Labute approximate surface area is 98.8 Å². The first-order chi connectivity index (χ1) is 8.34. The highest BCUT2D eigenvalue weighted by Crippen LogP contribution is 2.19. The van der Waals surface area contributed by atoms with E-state index in [1.54, 1.807) is 12.4 Å². The van der Waals surface area contributed by atoms with Crippen molar-refractivity contribution in [3.63, 3.8) is 0 Å². The monoisotopic (exact) mass is 227 g/mol. The molecule has 0 aliphatic heterocycles. The van der Waals surface area contributed by atoms with Crippen LogP contribution in [0, 0.1) is 0 Å². The molecular formula is C13H13N3O. The van der Waals surface area contributed by atoms with Gasteiger partial charge in [-0.15, -0.1) is 0 Å². The molecule has 2 aromatic rings. The SMILES string of the molecule is O=c1[nH]c(-c2ccncc2)nc2c1CCCC2. The molecule has 0 unspecified atom stereocenters. The topological polar surface area (TPSA) is 58.6 Å². The summed E-state index contributed by atoms with van der Waals surface area (Å²) >= 11 is 0. The van der Waals surface area contributed by atoms with Gasteiger partial charge in [0.05, 0.1) is 5.69 Å². The van der Waals surface area contributed by atoms with Crippen LogP contribution in [0.5, 0.6) is 0 Å². The third-order valence-corrected chi connectivity index (χ3v) is 3.15. The van der Waals surface area contributed by atoms with Crippen molar-refractivity contribution in [2.24, 2.45) is 0 Å². The summed E-state index contributed by atoms with van der Waals surface area (Å²) in [5.74, 6) is 0.651. The number of rotatable bonds is 1. The highest BCUT2D eigenvalue weighted by atomic mass is 16.1. The third-order valence-electron chi connectivity index (χ3n) is 3.15. The Hall–Kier alpha value is -1.97. The maximum atomic E-state index is 11.9. The average Bonchev–Trinajstić information content (AvgIpc) is 2.40. The highest BCUT2D eigenvalue weighted by Gasteiger charge is 2.15. The van der Waals surface area contributed by atoms with E-state index in [-0.39, 0.29) is 5.56 Å². The molecule has 4 heteroatoms. The lowest BCUT2D eigenvalue weighted by Gasteiger charge is -2.14. The molecule has 0 radical (unpaired) electrons. The summed E-state index contributed by atoms with van der Waals surface area (Å²) in [6.45, 7) is 0. The van der Waals surface area contributed by atoms with E-state index in [9.17, 15) is 4.79 Å². The van der Waals surface area contributed by atoms with Gasteiger partial charge in [-0.05, 0) is 37.8 Å². The van der Waals surface area contributed by atoms with Crippen LogP contribution in [0.1, 0.15) is 24.1 Å². The summed E-state index contributed by atoms with van der Waals surface area (Å²) in [4.78, 5) is 23.3. The zero-order valence-electron chi connectivity index (χ0n) is 9.44. The number of aryl methyl sites for hydroxylation is 1. The van der Waals surface area contributed by atoms with E-state index < -0.39 is 0 Å². The molecule has 3 rings (SSSR count). The molecule has 0 amide bonds. The van der Waals surface area contributed by atoms with Gasteiger partial charge in [-0.1, -0.05) is 0 Å². The van der Waals surface area contributed by atoms with E-state index in [1.807, 2.05) is 12.1 Å². The molecule has 0 atom stereocenters. The second-order valence-electron chi connectivity index (χ2n) is 4.28. The number of hydrogen-bond donors (Lipinski definition) is 1. The normalized spacial score (nSPS) is 14.4. The van der Waals surface area contributed by atoms with Gasteiger partial charge in [0.2, 0.25) is 0 Å². The van der Waals surface area contributed by atoms with E-state index >= 15 is 0 Å². The molecular weight excluding hydrogens is 214 g/mol. The number of aromatic nitrogens is 3. The van der Waals surface area contributed by atoms with Crippen molar-refractivity contribution in [3.8, 4) is 11.4 Å². The second kappa shape index (κ2) is 4.13. The predicted molar refractivity (Wildman–Crippen MR) is 64.7 cm³/mol. The van der Waals surface area contributed by atoms with Crippen molar-refractivity contribution < 1.29 is 0 Å². The molecule has 0 saturated carbocycles. The number of pyridine rings is 1. The van der Waals surface area contributed by atoms with Gasteiger partial charge < -0.3 is 4.98 Å². The summed E-state index contributed by atoms with van der Waals surface area (Å²) in [7, 11) is 0. The Morgan fingerprint density at radius 2 is 1.88 bits per heavy atom. The Bertz CT molecular complexity index is 589. The third kappa shape index (κ3) is 1.86. The van der Waals surface area contributed by atoms with Gasteiger partial charge in [0.1, 0.15) is 5.82 Å². The number of fused-ring (bicyclic) bond motifs is 1. The zero-order chi connectivity index (χ0) is 11.7. The number of H-pyrrole nitrogens is 1. The van der Waals surface area contributed by atoms with Crippen LogP contribution in [0.4, 0.5) is 0 Å². The van der Waals surface area contributed by atoms with Crippen LogP contribution in [-0.2, 0) is 12.8 Å². The molecule has 86 valence electrons. The van der Waals surface area contributed by atoms with Gasteiger partial charge >= 0.3 is 0 Å². The van der Waals surface area contributed by atoms with Gasteiger partial charge in [-0.3, -0.25) is 9.78 Å². The van der Waals surface area contributed by atoms with E-state index in [0.29, 0.717) is 5.82 Å². The second-order valence-corrected chi connectivity index (χ2v) is 4.28. The summed E-state index contributed by atoms with van der Waals surface area (Å²) in [5, 5.41) is 0. The first-order valence-corrected chi connectivity index (χ1v) is 5.87. The minimum Gasteiger partial charge on any atom is -0.306 e. The first kappa shape index (κ1) is 10.2. The fourth-order valence-electron chi connectivity index (χ4n) is 2.25. The Balaban J connectivity index is 2.14. The van der Waals surface area contributed by atoms with Gasteiger partial charge in [0.25, 0.3) is 5.56 Å². The van der Waals surface area contributed by atoms with Gasteiger partial charge in [-0.25, -0.2) is 4.98 Å². The lowest BCUT2D eigenvalue weighted by atomic mass is 9.97. The van der Waals surface area contributed by atoms with Gasteiger partial charge in [-0.2, -0.15) is 0 Å². The largest absolute Gasteiger partial charge is 0.306 e. The molecule has 17 heavy (non-hydrogen) atoms. The summed E-state index contributed by atoms with van der Waals surface area (Å²) in [5.41, 5.74) is 2.76. The standard InChI is InChI=1S/C13H13N3O/c17-13-10-3-1-2-4-11(10)15-12(16-13)9-5-7-14-8-6-9/h5-8H,1-4H2,(H,15,16,17). The fraction of sp³-hybridized carbons (Fsp3) is 0.308. The molecule has 2 aromatic heterocycles. The Morgan fingerprint density at radius 3 is 2.71 bits per heavy atom. The molecule has 1 N–H and O–H groups in total. The van der Waals surface area contributed by atoms with Crippen LogP contribution in [0.2, 0.25) is 0 Å². The predicted octanol–water partition coefficient (Wildman–Crippen LogP) is 1.71. The van der Waals surface area contributed by atoms with Gasteiger partial charge in [0.15, 0.2) is 0 Å². The smallest absolute Gasteiger partial charge is 0.254 e.